The SMILES string of the molecule is COCCCN(Cc1nc(C(=O)OC)cs1)C(=O)c1ccccc1Br. The van der Waals surface area contributed by atoms with Gasteiger partial charge in [0.15, 0.2) is 5.69 Å². The van der Waals surface area contributed by atoms with Gasteiger partial charge < -0.3 is 14.4 Å². The summed E-state index contributed by atoms with van der Waals surface area (Å²) in [5.74, 6) is -0.580. The summed E-state index contributed by atoms with van der Waals surface area (Å²) in [7, 11) is 2.94. The Balaban J connectivity index is 2.17. The number of hydrogen-bond donors (Lipinski definition) is 0. The average Bonchev–Trinajstić information content (AvgIpc) is 3.09. The van der Waals surface area contributed by atoms with E-state index in [-0.39, 0.29) is 11.6 Å². The fourth-order valence-corrected chi connectivity index (χ4v) is 3.43. The molecule has 0 atom stereocenters. The number of thiazole rings is 1. The number of halogens is 1. The molecular formula is C17H19BrN2O4S. The molecule has 0 N–H and O–H groups in total. The number of benzene rings is 1. The third-order valence-electron chi connectivity index (χ3n) is 3.44. The van der Waals surface area contributed by atoms with E-state index in [1.165, 1.54) is 18.4 Å². The fraction of sp³-hybridized carbons (Fsp3) is 0.353. The smallest absolute Gasteiger partial charge is 0.357 e. The third kappa shape index (κ3) is 5.35. The normalized spacial score (nSPS) is 10.5. The van der Waals surface area contributed by atoms with Gasteiger partial charge in [0.1, 0.15) is 5.01 Å². The fourth-order valence-electron chi connectivity index (χ4n) is 2.20. The highest BCUT2D eigenvalue weighted by Gasteiger charge is 2.20. The van der Waals surface area contributed by atoms with Crippen LogP contribution in [0.15, 0.2) is 34.1 Å². The minimum Gasteiger partial charge on any atom is -0.464 e. The predicted molar refractivity (Wildman–Crippen MR) is 98.8 cm³/mol. The van der Waals surface area contributed by atoms with E-state index < -0.39 is 5.97 Å². The number of amides is 1. The lowest BCUT2D eigenvalue weighted by Gasteiger charge is -2.22. The van der Waals surface area contributed by atoms with Gasteiger partial charge in [-0.15, -0.1) is 11.3 Å². The summed E-state index contributed by atoms with van der Waals surface area (Å²) < 4.78 is 10.5. The molecule has 1 heterocycles. The number of nitrogens with zero attached hydrogens (tertiary/aromatic N) is 2. The van der Waals surface area contributed by atoms with Gasteiger partial charge in [-0.2, -0.15) is 0 Å². The molecule has 0 aliphatic rings. The number of ether oxygens (including phenoxy) is 2. The van der Waals surface area contributed by atoms with Gasteiger partial charge in [-0.05, 0) is 34.5 Å². The molecule has 25 heavy (non-hydrogen) atoms. The quantitative estimate of drug-likeness (QED) is 0.477. The van der Waals surface area contributed by atoms with Crippen molar-refractivity contribution in [2.24, 2.45) is 0 Å². The van der Waals surface area contributed by atoms with E-state index in [1.807, 2.05) is 18.2 Å². The average molecular weight is 427 g/mol. The first-order valence-corrected chi connectivity index (χ1v) is 9.29. The van der Waals surface area contributed by atoms with Gasteiger partial charge in [0, 0.05) is 30.1 Å². The maximum absolute atomic E-state index is 12.9. The van der Waals surface area contributed by atoms with Crippen molar-refractivity contribution in [2.45, 2.75) is 13.0 Å². The molecule has 2 aromatic rings. The number of carbonyl (C=O) groups is 2. The van der Waals surface area contributed by atoms with Crippen molar-refractivity contribution in [3.63, 3.8) is 0 Å². The van der Waals surface area contributed by atoms with Crippen molar-refractivity contribution in [1.29, 1.82) is 0 Å². The highest BCUT2D eigenvalue weighted by atomic mass is 79.9. The number of carbonyl (C=O) groups excluding carboxylic acids is 2. The van der Waals surface area contributed by atoms with Crippen LogP contribution in [-0.4, -0.2) is 49.1 Å². The Hall–Kier alpha value is -1.77. The van der Waals surface area contributed by atoms with Crippen LogP contribution in [0.25, 0.3) is 0 Å². The van der Waals surface area contributed by atoms with Gasteiger partial charge in [-0.1, -0.05) is 12.1 Å². The molecule has 8 heteroatoms. The number of aromatic nitrogens is 1. The van der Waals surface area contributed by atoms with E-state index in [4.69, 9.17) is 4.74 Å². The molecule has 1 amide bonds. The number of rotatable bonds is 8. The van der Waals surface area contributed by atoms with Crippen molar-refractivity contribution < 1.29 is 19.1 Å². The zero-order chi connectivity index (χ0) is 18.2. The van der Waals surface area contributed by atoms with Crippen molar-refractivity contribution in [2.75, 3.05) is 27.4 Å². The van der Waals surface area contributed by atoms with Crippen LogP contribution in [0, 0.1) is 0 Å². The Morgan fingerprint density at radius 1 is 1.28 bits per heavy atom. The highest BCUT2D eigenvalue weighted by molar-refractivity contribution is 9.10. The van der Waals surface area contributed by atoms with Crippen LogP contribution < -0.4 is 0 Å². The standard InChI is InChI=1S/C17H19BrN2O4S/c1-23-9-5-8-20(16(21)12-6-3-4-7-13(12)18)10-15-19-14(11-25-15)17(22)24-2/h3-4,6-7,11H,5,8-10H2,1-2H3. The van der Waals surface area contributed by atoms with E-state index in [9.17, 15) is 9.59 Å². The summed E-state index contributed by atoms with van der Waals surface area (Å²) >= 11 is 4.75. The van der Waals surface area contributed by atoms with Crippen LogP contribution in [-0.2, 0) is 16.0 Å². The van der Waals surface area contributed by atoms with E-state index in [2.05, 4.69) is 25.7 Å². The van der Waals surface area contributed by atoms with Gasteiger partial charge in [-0.25, -0.2) is 9.78 Å². The van der Waals surface area contributed by atoms with Gasteiger partial charge in [0.25, 0.3) is 5.91 Å². The second-order valence-corrected chi connectivity index (χ2v) is 6.97. The highest BCUT2D eigenvalue weighted by Crippen LogP contribution is 2.20. The molecule has 134 valence electrons. The summed E-state index contributed by atoms with van der Waals surface area (Å²) in [4.78, 5) is 30.4. The first-order valence-electron chi connectivity index (χ1n) is 7.62. The molecule has 0 unspecified atom stereocenters. The molecule has 0 aliphatic carbocycles. The zero-order valence-electron chi connectivity index (χ0n) is 14.0. The van der Waals surface area contributed by atoms with E-state index in [1.54, 1.807) is 23.5 Å². The molecule has 6 nitrogen and oxygen atoms in total. The molecule has 1 aromatic carbocycles. The second-order valence-electron chi connectivity index (χ2n) is 5.17. The molecule has 0 radical (unpaired) electrons. The van der Waals surface area contributed by atoms with E-state index in [0.717, 1.165) is 4.47 Å². The molecule has 0 saturated carbocycles. The Bertz CT molecular complexity index is 735. The van der Waals surface area contributed by atoms with Gasteiger partial charge >= 0.3 is 5.97 Å². The molecule has 1 aromatic heterocycles. The Kier molecular flexibility index (Phi) is 7.54. The first kappa shape index (κ1) is 19.6. The summed E-state index contributed by atoms with van der Waals surface area (Å²) in [5.41, 5.74) is 0.845. The van der Waals surface area contributed by atoms with Gasteiger partial charge in [0.05, 0.1) is 19.2 Å². The Morgan fingerprint density at radius 2 is 2.04 bits per heavy atom. The van der Waals surface area contributed by atoms with Crippen molar-refractivity contribution in [3.8, 4) is 0 Å². The minimum absolute atomic E-state index is 0.0987. The lowest BCUT2D eigenvalue weighted by molar-refractivity contribution is 0.0594. The Morgan fingerprint density at radius 3 is 2.72 bits per heavy atom. The number of esters is 1. The number of hydrogen-bond acceptors (Lipinski definition) is 6. The van der Waals surface area contributed by atoms with Crippen LogP contribution in [0.4, 0.5) is 0 Å². The van der Waals surface area contributed by atoms with Crippen LogP contribution >= 0.6 is 27.3 Å². The van der Waals surface area contributed by atoms with Crippen LogP contribution in [0.1, 0.15) is 32.3 Å². The molecule has 0 fully saturated rings. The number of methoxy groups -OCH3 is 2. The van der Waals surface area contributed by atoms with Crippen LogP contribution in [0.3, 0.4) is 0 Å². The third-order valence-corrected chi connectivity index (χ3v) is 4.97. The lowest BCUT2D eigenvalue weighted by Crippen LogP contribution is -2.32. The zero-order valence-corrected chi connectivity index (χ0v) is 16.4. The van der Waals surface area contributed by atoms with Crippen molar-refractivity contribution in [1.82, 2.24) is 9.88 Å². The van der Waals surface area contributed by atoms with E-state index in [0.29, 0.717) is 36.7 Å². The van der Waals surface area contributed by atoms with Gasteiger partial charge in [0.2, 0.25) is 0 Å². The largest absolute Gasteiger partial charge is 0.464 e. The monoisotopic (exact) mass is 426 g/mol. The lowest BCUT2D eigenvalue weighted by atomic mass is 10.2. The molecule has 0 saturated heterocycles. The molecule has 2 rings (SSSR count). The molecule has 0 aliphatic heterocycles. The van der Waals surface area contributed by atoms with Crippen molar-refractivity contribution in [3.05, 3.63) is 50.4 Å². The summed E-state index contributed by atoms with van der Waals surface area (Å²) in [5, 5.41) is 2.32. The predicted octanol–water partition coefficient (Wildman–Crippen LogP) is 3.37. The van der Waals surface area contributed by atoms with Crippen LogP contribution in [0.5, 0.6) is 0 Å². The Labute approximate surface area is 158 Å². The van der Waals surface area contributed by atoms with Crippen molar-refractivity contribution >= 4 is 39.1 Å². The minimum atomic E-state index is -0.481. The summed E-state index contributed by atoms with van der Waals surface area (Å²) in [6, 6.07) is 7.29. The van der Waals surface area contributed by atoms with E-state index >= 15 is 0 Å². The molecule has 0 bridgehead atoms. The van der Waals surface area contributed by atoms with Gasteiger partial charge in [-0.3, -0.25) is 4.79 Å². The molecule has 0 spiro atoms. The second kappa shape index (κ2) is 9.65. The van der Waals surface area contributed by atoms with Crippen LogP contribution in [0.2, 0.25) is 0 Å². The molecular weight excluding hydrogens is 408 g/mol. The maximum atomic E-state index is 12.9. The maximum Gasteiger partial charge on any atom is 0.357 e. The first-order chi connectivity index (χ1) is 12.1. The summed E-state index contributed by atoms with van der Waals surface area (Å²) in [6.45, 7) is 1.41. The topological polar surface area (TPSA) is 68.7 Å². The summed E-state index contributed by atoms with van der Waals surface area (Å²) in [6.07, 6.45) is 0.710.